The number of aryl methyl sites for hydroxylation is 1. The molecule has 1 N–H and O–H groups in total. The molecule has 6 nitrogen and oxygen atoms in total. The Morgan fingerprint density at radius 3 is 2.90 bits per heavy atom. The van der Waals surface area contributed by atoms with Crippen molar-refractivity contribution in [2.75, 3.05) is 39.4 Å². The number of hydrogen-bond acceptors (Lipinski definition) is 5. The number of carbonyl (C=O) groups is 1. The van der Waals surface area contributed by atoms with Gasteiger partial charge >= 0.3 is 0 Å². The zero-order chi connectivity index (χ0) is 20.2. The Bertz CT molecular complexity index is 994. The number of hydrogen-bond donors (Lipinski definition) is 1. The highest BCUT2D eigenvalue weighted by Crippen LogP contribution is 2.29. The number of aromatic nitrogens is 2. The van der Waals surface area contributed by atoms with Crippen LogP contribution in [0.25, 0.3) is 10.2 Å². The van der Waals surface area contributed by atoms with Crippen molar-refractivity contribution in [2.24, 2.45) is 0 Å². The van der Waals surface area contributed by atoms with Crippen molar-refractivity contribution in [3.05, 3.63) is 51.5 Å². The first-order valence-corrected chi connectivity index (χ1v) is 11.1. The third-order valence-electron chi connectivity index (χ3n) is 5.15. The van der Waals surface area contributed by atoms with Crippen LogP contribution in [0.2, 0.25) is 5.02 Å². The summed E-state index contributed by atoms with van der Waals surface area (Å²) >= 11 is 7.79. The molecule has 2 aromatic heterocycles. The van der Waals surface area contributed by atoms with Gasteiger partial charge in [-0.1, -0.05) is 29.8 Å². The maximum absolute atomic E-state index is 12.6. The predicted molar refractivity (Wildman–Crippen MR) is 117 cm³/mol. The summed E-state index contributed by atoms with van der Waals surface area (Å²) in [6, 6.07) is 9.72. The van der Waals surface area contributed by atoms with Crippen molar-refractivity contribution in [3.8, 4) is 0 Å². The summed E-state index contributed by atoms with van der Waals surface area (Å²) in [7, 11) is 0. The fraction of sp³-hybridized carbons (Fsp3) is 0.429. The molecule has 0 atom stereocenters. The molecule has 1 amide bonds. The molecule has 1 aliphatic rings. The molecule has 29 heavy (non-hydrogen) atoms. The molecule has 0 spiro atoms. The smallest absolute Gasteiger partial charge is 0.261 e. The highest BCUT2D eigenvalue weighted by atomic mass is 35.5. The lowest BCUT2D eigenvalue weighted by Crippen LogP contribution is -2.38. The summed E-state index contributed by atoms with van der Waals surface area (Å²) in [5.41, 5.74) is 1.94. The van der Waals surface area contributed by atoms with E-state index in [0.29, 0.717) is 13.1 Å². The van der Waals surface area contributed by atoms with Crippen molar-refractivity contribution in [1.29, 1.82) is 0 Å². The van der Waals surface area contributed by atoms with Gasteiger partial charge < -0.3 is 10.1 Å². The third-order valence-corrected chi connectivity index (χ3v) is 6.67. The van der Waals surface area contributed by atoms with Gasteiger partial charge in [0.05, 0.1) is 30.3 Å². The van der Waals surface area contributed by atoms with E-state index < -0.39 is 0 Å². The number of halogens is 1. The summed E-state index contributed by atoms with van der Waals surface area (Å²) in [4.78, 5) is 16.7. The maximum atomic E-state index is 12.6. The van der Waals surface area contributed by atoms with Crippen LogP contribution < -0.4 is 5.32 Å². The van der Waals surface area contributed by atoms with Crippen molar-refractivity contribution in [2.45, 2.75) is 19.9 Å². The molecule has 1 fully saturated rings. The molecule has 0 aliphatic carbocycles. The van der Waals surface area contributed by atoms with Crippen molar-refractivity contribution < 1.29 is 9.53 Å². The Balaban J connectivity index is 1.39. The molecule has 3 aromatic rings. The largest absolute Gasteiger partial charge is 0.379 e. The molecule has 1 aromatic carbocycles. The zero-order valence-electron chi connectivity index (χ0n) is 16.5. The van der Waals surface area contributed by atoms with Crippen LogP contribution in [-0.2, 0) is 11.3 Å². The number of benzene rings is 1. The minimum atomic E-state index is -0.0168. The number of nitrogens with zero attached hydrogens (tertiary/aromatic N) is 3. The number of fused-ring (bicyclic) bond motifs is 1. The fourth-order valence-electron chi connectivity index (χ4n) is 3.54. The average Bonchev–Trinajstić information content (AvgIpc) is 3.29. The van der Waals surface area contributed by atoms with Gasteiger partial charge in [0, 0.05) is 30.0 Å². The van der Waals surface area contributed by atoms with E-state index in [0.717, 1.165) is 70.6 Å². The molecule has 4 rings (SSSR count). The third kappa shape index (κ3) is 4.80. The average molecular weight is 433 g/mol. The first-order valence-electron chi connectivity index (χ1n) is 9.90. The summed E-state index contributed by atoms with van der Waals surface area (Å²) in [6.45, 7) is 7.79. The molecule has 0 bridgehead atoms. The molecular weight excluding hydrogens is 408 g/mol. The van der Waals surface area contributed by atoms with E-state index in [1.54, 1.807) is 0 Å². The highest BCUT2D eigenvalue weighted by molar-refractivity contribution is 7.20. The molecule has 3 heterocycles. The zero-order valence-corrected chi connectivity index (χ0v) is 18.1. The second kappa shape index (κ2) is 9.26. The Hall–Kier alpha value is -1.93. The van der Waals surface area contributed by atoms with Gasteiger partial charge in [-0.2, -0.15) is 5.10 Å². The lowest BCUT2D eigenvalue weighted by Gasteiger charge is -2.26. The standard InChI is InChI=1S/C21H25ClN4O2S/c1-15-17-13-19(20(27)23-7-4-8-25-9-11-28-12-10-25)29-21(17)26(24-15)14-16-5-2-3-6-18(16)22/h2-3,5-6,13H,4,7-12,14H2,1H3,(H,23,27). The van der Waals surface area contributed by atoms with Crippen molar-refractivity contribution >= 4 is 39.1 Å². The predicted octanol–water partition coefficient (Wildman–Crippen LogP) is 3.56. The number of morpholine rings is 1. The van der Waals surface area contributed by atoms with Gasteiger partial charge in [0.15, 0.2) is 0 Å². The number of amides is 1. The molecule has 0 saturated carbocycles. The number of nitrogens with one attached hydrogen (secondary N) is 1. The molecule has 154 valence electrons. The van der Waals surface area contributed by atoms with Crippen LogP contribution in [0, 0.1) is 6.92 Å². The van der Waals surface area contributed by atoms with Crippen LogP contribution in [0.5, 0.6) is 0 Å². The summed E-state index contributed by atoms with van der Waals surface area (Å²) in [6.07, 6.45) is 0.940. The van der Waals surface area contributed by atoms with Gasteiger partial charge in [0.25, 0.3) is 5.91 Å². The maximum Gasteiger partial charge on any atom is 0.261 e. The highest BCUT2D eigenvalue weighted by Gasteiger charge is 2.17. The lowest BCUT2D eigenvalue weighted by atomic mass is 10.2. The summed E-state index contributed by atoms with van der Waals surface area (Å²) < 4.78 is 7.30. The normalized spacial score (nSPS) is 15.1. The van der Waals surface area contributed by atoms with Crippen LogP contribution in [-0.4, -0.2) is 60.0 Å². The van der Waals surface area contributed by atoms with Crippen LogP contribution in [0.3, 0.4) is 0 Å². The Morgan fingerprint density at radius 1 is 1.31 bits per heavy atom. The molecule has 0 radical (unpaired) electrons. The first-order chi connectivity index (χ1) is 14.1. The number of thiophene rings is 1. The summed E-state index contributed by atoms with van der Waals surface area (Å²) in [5, 5.41) is 9.44. The van der Waals surface area contributed by atoms with Crippen molar-refractivity contribution in [1.82, 2.24) is 20.0 Å². The fourth-order valence-corrected chi connectivity index (χ4v) is 4.81. The van der Waals surface area contributed by atoms with E-state index in [1.807, 2.05) is 41.9 Å². The molecule has 0 unspecified atom stereocenters. The Kier molecular flexibility index (Phi) is 6.50. The van der Waals surface area contributed by atoms with E-state index in [9.17, 15) is 4.79 Å². The van der Waals surface area contributed by atoms with Crippen LogP contribution in [0.15, 0.2) is 30.3 Å². The van der Waals surface area contributed by atoms with E-state index in [1.165, 1.54) is 11.3 Å². The van der Waals surface area contributed by atoms with Gasteiger partial charge in [0.2, 0.25) is 0 Å². The Morgan fingerprint density at radius 2 is 2.10 bits per heavy atom. The molecule has 8 heteroatoms. The molecular formula is C21H25ClN4O2S. The molecule has 1 aliphatic heterocycles. The van der Waals surface area contributed by atoms with Gasteiger partial charge in [-0.3, -0.25) is 14.4 Å². The topological polar surface area (TPSA) is 59.4 Å². The van der Waals surface area contributed by atoms with E-state index in [2.05, 4.69) is 15.3 Å². The van der Waals surface area contributed by atoms with Crippen LogP contribution in [0.1, 0.15) is 27.3 Å². The van der Waals surface area contributed by atoms with Gasteiger partial charge in [-0.05, 0) is 37.6 Å². The minimum absolute atomic E-state index is 0.0168. The minimum Gasteiger partial charge on any atom is -0.379 e. The molecule has 1 saturated heterocycles. The monoisotopic (exact) mass is 432 g/mol. The van der Waals surface area contributed by atoms with Gasteiger partial charge in [-0.15, -0.1) is 11.3 Å². The van der Waals surface area contributed by atoms with Crippen LogP contribution in [0.4, 0.5) is 0 Å². The van der Waals surface area contributed by atoms with E-state index in [4.69, 9.17) is 16.3 Å². The first kappa shape index (κ1) is 20.3. The number of carbonyl (C=O) groups excluding carboxylic acids is 1. The number of rotatable bonds is 7. The second-order valence-corrected chi connectivity index (χ2v) is 8.67. The number of ether oxygens (including phenoxy) is 1. The van der Waals surface area contributed by atoms with Crippen molar-refractivity contribution in [3.63, 3.8) is 0 Å². The quantitative estimate of drug-likeness (QED) is 0.580. The lowest BCUT2D eigenvalue weighted by molar-refractivity contribution is 0.0374. The van der Waals surface area contributed by atoms with Gasteiger partial charge in [-0.25, -0.2) is 0 Å². The van der Waals surface area contributed by atoms with Gasteiger partial charge in [0.1, 0.15) is 4.83 Å². The van der Waals surface area contributed by atoms with E-state index in [-0.39, 0.29) is 5.91 Å². The van der Waals surface area contributed by atoms with E-state index >= 15 is 0 Å². The summed E-state index contributed by atoms with van der Waals surface area (Å²) in [5.74, 6) is -0.0168. The van der Waals surface area contributed by atoms with Crippen LogP contribution >= 0.6 is 22.9 Å². The Labute approximate surface area is 179 Å². The second-order valence-electron chi connectivity index (χ2n) is 7.23. The SMILES string of the molecule is Cc1nn(Cc2ccccc2Cl)c2sc(C(=O)NCCCN3CCOCC3)cc12.